The van der Waals surface area contributed by atoms with Gasteiger partial charge in [-0.05, 0) is 51.1 Å². The fraction of sp³-hybridized carbons (Fsp3) is 0.400. The van der Waals surface area contributed by atoms with Gasteiger partial charge < -0.3 is 14.8 Å². The average molecular weight is 361 g/mol. The summed E-state index contributed by atoms with van der Waals surface area (Å²) in [5.74, 6) is 0.813. The quantitative estimate of drug-likeness (QED) is 0.772. The first kappa shape index (κ1) is 17.4. The zero-order valence-electron chi connectivity index (χ0n) is 15.9. The van der Waals surface area contributed by atoms with E-state index in [4.69, 9.17) is 5.26 Å². The smallest absolute Gasteiger partial charge is 0.173 e. The first-order chi connectivity index (χ1) is 13.1. The van der Waals surface area contributed by atoms with Crippen LogP contribution in [0.25, 0.3) is 22.3 Å². The van der Waals surface area contributed by atoms with Crippen molar-refractivity contribution in [3.05, 3.63) is 35.7 Å². The van der Waals surface area contributed by atoms with E-state index in [1.807, 2.05) is 26.2 Å². The molecule has 0 unspecified atom stereocenters. The molecule has 0 spiro atoms. The third-order valence-electron chi connectivity index (χ3n) is 5.20. The van der Waals surface area contributed by atoms with Crippen LogP contribution in [0.4, 0.5) is 5.82 Å². The van der Waals surface area contributed by atoms with Gasteiger partial charge in [0, 0.05) is 37.4 Å². The highest BCUT2D eigenvalue weighted by Crippen LogP contribution is 2.31. The van der Waals surface area contributed by atoms with Gasteiger partial charge in [0.1, 0.15) is 11.8 Å². The van der Waals surface area contributed by atoms with Gasteiger partial charge in [-0.15, -0.1) is 10.2 Å². The minimum Gasteiger partial charge on any atom is -0.363 e. The van der Waals surface area contributed by atoms with Crippen LogP contribution >= 0.6 is 0 Å². The molecule has 0 amide bonds. The van der Waals surface area contributed by atoms with Crippen LogP contribution in [-0.2, 0) is 7.05 Å². The lowest BCUT2D eigenvalue weighted by Gasteiger charge is -2.30. The van der Waals surface area contributed by atoms with Crippen molar-refractivity contribution < 1.29 is 0 Å². The van der Waals surface area contributed by atoms with Gasteiger partial charge >= 0.3 is 0 Å². The lowest BCUT2D eigenvalue weighted by Crippen LogP contribution is -2.40. The molecular formula is C20H23N7. The Morgan fingerprint density at radius 2 is 2.11 bits per heavy atom. The van der Waals surface area contributed by atoms with Crippen LogP contribution < -0.4 is 5.32 Å². The maximum atomic E-state index is 9.08. The van der Waals surface area contributed by atoms with Crippen LogP contribution in [0.15, 0.2) is 24.5 Å². The highest BCUT2D eigenvalue weighted by Gasteiger charge is 2.21. The molecule has 0 aromatic carbocycles. The summed E-state index contributed by atoms with van der Waals surface area (Å²) in [6.45, 7) is 4.10. The molecule has 7 nitrogen and oxygen atoms in total. The molecule has 1 atom stereocenters. The average Bonchev–Trinajstić information content (AvgIpc) is 3.05. The summed E-state index contributed by atoms with van der Waals surface area (Å²) in [6.07, 6.45) is 5.93. The minimum atomic E-state index is 0.372. The van der Waals surface area contributed by atoms with Crippen LogP contribution in [-0.4, -0.2) is 50.8 Å². The Morgan fingerprint density at radius 1 is 1.26 bits per heavy atom. The van der Waals surface area contributed by atoms with Crippen LogP contribution in [0.5, 0.6) is 0 Å². The van der Waals surface area contributed by atoms with Crippen LogP contribution in [0.1, 0.15) is 24.0 Å². The monoisotopic (exact) mass is 361 g/mol. The number of likely N-dealkylation sites (N-methyl/N-ethyl adjacent to an activating group) is 1. The number of piperidine rings is 1. The lowest BCUT2D eigenvalue weighted by atomic mass is 10.1. The van der Waals surface area contributed by atoms with Gasteiger partial charge in [0.2, 0.25) is 0 Å². The molecule has 1 N–H and O–H groups in total. The highest BCUT2D eigenvalue weighted by atomic mass is 15.2. The highest BCUT2D eigenvalue weighted by molar-refractivity contribution is 5.98. The Labute approximate surface area is 158 Å². The molecule has 4 heterocycles. The molecule has 0 radical (unpaired) electrons. The summed E-state index contributed by atoms with van der Waals surface area (Å²) in [7, 11) is 4.17. The fourth-order valence-electron chi connectivity index (χ4n) is 3.85. The first-order valence-corrected chi connectivity index (χ1v) is 9.20. The van der Waals surface area contributed by atoms with Gasteiger partial charge in [-0.1, -0.05) is 0 Å². The molecule has 3 aromatic heterocycles. The number of anilines is 1. The van der Waals surface area contributed by atoms with Gasteiger partial charge in [-0.25, -0.2) is 0 Å². The summed E-state index contributed by atoms with van der Waals surface area (Å²) in [6, 6.07) is 6.39. The first-order valence-electron chi connectivity index (χ1n) is 9.20. The van der Waals surface area contributed by atoms with Crippen LogP contribution in [0.3, 0.4) is 0 Å². The third kappa shape index (κ3) is 3.24. The second-order valence-electron chi connectivity index (χ2n) is 7.33. The number of pyridine rings is 1. The Bertz CT molecular complexity index is 1030. The predicted molar refractivity (Wildman–Crippen MR) is 105 cm³/mol. The normalized spacial score (nSPS) is 17.8. The van der Waals surface area contributed by atoms with Gasteiger partial charge in [0.15, 0.2) is 5.82 Å². The topological polar surface area (TPSA) is 82.7 Å². The minimum absolute atomic E-state index is 0.372. The molecule has 0 bridgehead atoms. The predicted octanol–water partition coefficient (Wildman–Crippen LogP) is 2.72. The van der Waals surface area contributed by atoms with Gasteiger partial charge in [-0.3, -0.25) is 4.98 Å². The van der Waals surface area contributed by atoms with Crippen LogP contribution in [0, 0.1) is 18.3 Å². The van der Waals surface area contributed by atoms with Crippen molar-refractivity contribution in [1.29, 1.82) is 5.26 Å². The molecule has 3 aromatic rings. The zero-order chi connectivity index (χ0) is 19.0. The Kier molecular flexibility index (Phi) is 4.50. The van der Waals surface area contributed by atoms with Crippen LogP contribution in [0.2, 0.25) is 0 Å². The van der Waals surface area contributed by atoms with E-state index in [0.717, 1.165) is 53.2 Å². The summed E-state index contributed by atoms with van der Waals surface area (Å²) in [4.78, 5) is 6.82. The second-order valence-corrected chi connectivity index (χ2v) is 7.33. The number of fused-ring (bicyclic) bond motifs is 1. The van der Waals surface area contributed by atoms with Crippen molar-refractivity contribution in [2.75, 3.05) is 25.5 Å². The number of rotatable bonds is 3. The van der Waals surface area contributed by atoms with E-state index in [9.17, 15) is 0 Å². The molecule has 1 aliphatic rings. The number of aryl methyl sites for hydroxylation is 2. The molecule has 0 aliphatic carbocycles. The third-order valence-corrected chi connectivity index (χ3v) is 5.20. The maximum absolute atomic E-state index is 9.08. The van der Waals surface area contributed by atoms with E-state index in [2.05, 4.69) is 49.1 Å². The van der Waals surface area contributed by atoms with Crippen molar-refractivity contribution >= 4 is 16.7 Å². The molecule has 1 fully saturated rings. The van der Waals surface area contributed by atoms with E-state index in [0.29, 0.717) is 11.6 Å². The molecule has 1 saturated heterocycles. The molecule has 138 valence electrons. The number of likely N-dealkylation sites (tertiary alicyclic amines) is 1. The lowest BCUT2D eigenvalue weighted by molar-refractivity contribution is 0.261. The summed E-state index contributed by atoms with van der Waals surface area (Å²) < 4.78 is 2.07. The summed E-state index contributed by atoms with van der Waals surface area (Å²) >= 11 is 0. The molecule has 1 aliphatic heterocycles. The van der Waals surface area contributed by atoms with Crippen molar-refractivity contribution in [3.8, 4) is 17.5 Å². The Hall–Kier alpha value is -2.98. The van der Waals surface area contributed by atoms with Crippen molar-refractivity contribution in [1.82, 2.24) is 24.6 Å². The molecule has 27 heavy (non-hydrogen) atoms. The van der Waals surface area contributed by atoms with E-state index in [-0.39, 0.29) is 0 Å². The largest absolute Gasteiger partial charge is 0.363 e. The van der Waals surface area contributed by atoms with Gasteiger partial charge in [-0.2, -0.15) is 5.26 Å². The molecule has 7 heteroatoms. The zero-order valence-corrected chi connectivity index (χ0v) is 15.9. The number of hydrogen-bond donors (Lipinski definition) is 1. The number of nitriles is 1. The Balaban J connectivity index is 1.76. The summed E-state index contributed by atoms with van der Waals surface area (Å²) in [5, 5.41) is 22.7. The van der Waals surface area contributed by atoms with Gasteiger partial charge in [0.05, 0.1) is 16.8 Å². The van der Waals surface area contributed by atoms with Crippen molar-refractivity contribution in [3.63, 3.8) is 0 Å². The number of nitrogens with zero attached hydrogens (tertiary/aromatic N) is 6. The van der Waals surface area contributed by atoms with Crippen molar-refractivity contribution in [2.24, 2.45) is 7.05 Å². The summed E-state index contributed by atoms with van der Waals surface area (Å²) in [5.41, 5.74) is 4.01. The van der Waals surface area contributed by atoms with E-state index >= 15 is 0 Å². The van der Waals surface area contributed by atoms with E-state index < -0.39 is 0 Å². The fourth-order valence-corrected chi connectivity index (χ4v) is 3.85. The SMILES string of the molecule is Cc1cc(C#N)cnc1-c1nnc(N[C@@H]2CCCN(C)C2)c2c1ccn2C. The number of hydrogen-bond acceptors (Lipinski definition) is 6. The number of nitrogens with one attached hydrogen (secondary N) is 1. The molecular weight excluding hydrogens is 338 g/mol. The van der Waals surface area contributed by atoms with Crippen molar-refractivity contribution in [2.45, 2.75) is 25.8 Å². The second kappa shape index (κ2) is 6.97. The maximum Gasteiger partial charge on any atom is 0.173 e. The van der Waals surface area contributed by atoms with Gasteiger partial charge in [0.25, 0.3) is 0 Å². The Morgan fingerprint density at radius 3 is 2.85 bits per heavy atom. The number of aromatic nitrogens is 4. The van der Waals surface area contributed by atoms with E-state index in [1.165, 1.54) is 6.42 Å². The standard InChI is InChI=1S/C20H23N7/c1-13-9-14(10-21)11-22-17(13)18-16-6-8-27(3)19(16)20(25-24-18)23-15-5-4-7-26(2)12-15/h6,8-9,11,15H,4-5,7,12H2,1-3H3,(H,23,25)/t15-/m1/s1. The van der Waals surface area contributed by atoms with E-state index in [1.54, 1.807) is 6.20 Å². The molecule has 0 saturated carbocycles. The molecule has 4 rings (SSSR count).